The Morgan fingerprint density at radius 1 is 1.27 bits per heavy atom. The van der Waals surface area contributed by atoms with Gasteiger partial charge in [0.1, 0.15) is 16.5 Å². The number of nitrogens with zero attached hydrogens (tertiary/aromatic N) is 2. The van der Waals surface area contributed by atoms with Gasteiger partial charge in [-0.05, 0) is 19.2 Å². The number of hydrogen-bond acceptors (Lipinski definition) is 6. The third kappa shape index (κ3) is 4.38. The van der Waals surface area contributed by atoms with Gasteiger partial charge in [-0.2, -0.15) is 0 Å². The van der Waals surface area contributed by atoms with E-state index in [4.69, 9.17) is 4.74 Å². The fourth-order valence-corrected chi connectivity index (χ4v) is 4.48. The molecule has 0 unspecified atom stereocenters. The highest BCUT2D eigenvalue weighted by atomic mass is 32.2. The van der Waals surface area contributed by atoms with E-state index in [1.807, 2.05) is 7.05 Å². The standard InChI is InChI=1S/C16H23F2N3O4S/c1-20-4-6-21(7-5-20)9-14-16(22)13(10-25-14)19-26(23,24)15-3-2-11(17)8-12(15)18/h2-3,8,13-14,16,19,22H,4-7,9-10H2,1H3/t13-,14-,16+/m0/s1. The molecule has 3 rings (SSSR count). The van der Waals surface area contributed by atoms with Crippen LogP contribution in [0.25, 0.3) is 0 Å². The fraction of sp³-hybridized carbons (Fsp3) is 0.625. The molecule has 146 valence electrons. The smallest absolute Gasteiger partial charge is 0.243 e. The van der Waals surface area contributed by atoms with Crippen LogP contribution in [-0.2, 0) is 14.8 Å². The van der Waals surface area contributed by atoms with Crippen molar-refractivity contribution in [3.8, 4) is 0 Å². The van der Waals surface area contributed by atoms with Crippen LogP contribution in [-0.4, -0.2) is 88.0 Å². The monoisotopic (exact) mass is 391 g/mol. The first-order valence-corrected chi connectivity index (χ1v) is 9.92. The van der Waals surface area contributed by atoms with Crippen LogP contribution in [0.5, 0.6) is 0 Å². The summed E-state index contributed by atoms with van der Waals surface area (Å²) in [5.74, 6) is -2.04. The van der Waals surface area contributed by atoms with Crippen molar-refractivity contribution in [3.63, 3.8) is 0 Å². The Kier molecular flexibility index (Phi) is 5.90. The molecule has 0 saturated carbocycles. The minimum atomic E-state index is -4.24. The predicted molar refractivity (Wildman–Crippen MR) is 90.2 cm³/mol. The number of ether oxygens (including phenoxy) is 1. The zero-order valence-corrected chi connectivity index (χ0v) is 15.3. The number of aliphatic hydroxyl groups excluding tert-OH is 1. The van der Waals surface area contributed by atoms with Crippen LogP contribution in [0, 0.1) is 11.6 Å². The highest BCUT2D eigenvalue weighted by Gasteiger charge is 2.39. The molecule has 2 aliphatic heterocycles. The Morgan fingerprint density at radius 2 is 1.96 bits per heavy atom. The SMILES string of the molecule is CN1CCN(C[C@@H]2OC[C@H](NS(=O)(=O)c3ccc(F)cc3F)[C@H]2O)CC1. The summed E-state index contributed by atoms with van der Waals surface area (Å²) in [6.45, 7) is 4.02. The summed E-state index contributed by atoms with van der Waals surface area (Å²) in [6.07, 6.45) is -1.57. The zero-order chi connectivity index (χ0) is 18.9. The number of sulfonamides is 1. The van der Waals surface area contributed by atoms with Gasteiger partial charge in [-0.25, -0.2) is 21.9 Å². The van der Waals surface area contributed by atoms with Gasteiger partial charge in [0.05, 0.1) is 24.9 Å². The van der Waals surface area contributed by atoms with E-state index in [0.717, 1.165) is 38.3 Å². The summed E-state index contributed by atoms with van der Waals surface area (Å²) in [4.78, 5) is 3.70. The van der Waals surface area contributed by atoms with Crippen LogP contribution in [0.1, 0.15) is 0 Å². The number of halogens is 2. The summed E-state index contributed by atoms with van der Waals surface area (Å²) in [7, 11) is -2.20. The molecule has 2 heterocycles. The van der Waals surface area contributed by atoms with E-state index in [9.17, 15) is 22.3 Å². The number of benzene rings is 1. The number of nitrogens with one attached hydrogen (secondary N) is 1. The molecular weight excluding hydrogens is 368 g/mol. The molecule has 1 aromatic rings. The maximum Gasteiger partial charge on any atom is 0.243 e. The van der Waals surface area contributed by atoms with Crippen molar-refractivity contribution in [2.45, 2.75) is 23.1 Å². The van der Waals surface area contributed by atoms with E-state index in [1.54, 1.807) is 0 Å². The molecule has 10 heteroatoms. The summed E-state index contributed by atoms with van der Waals surface area (Å²) in [6, 6.07) is 1.35. The lowest BCUT2D eigenvalue weighted by molar-refractivity contribution is 0.00636. The number of piperazine rings is 1. The lowest BCUT2D eigenvalue weighted by Crippen LogP contribution is -2.50. The Balaban J connectivity index is 1.62. The van der Waals surface area contributed by atoms with Crippen LogP contribution < -0.4 is 4.72 Å². The third-order valence-corrected chi connectivity index (χ3v) is 6.33. The highest BCUT2D eigenvalue weighted by Crippen LogP contribution is 2.21. The van der Waals surface area contributed by atoms with Gasteiger partial charge in [-0.15, -0.1) is 0 Å². The molecule has 0 spiro atoms. The largest absolute Gasteiger partial charge is 0.389 e. The van der Waals surface area contributed by atoms with Crippen molar-refractivity contribution >= 4 is 10.0 Å². The second-order valence-electron chi connectivity index (χ2n) is 6.77. The summed E-state index contributed by atoms with van der Waals surface area (Å²) >= 11 is 0. The van der Waals surface area contributed by atoms with Gasteiger partial charge in [0.25, 0.3) is 0 Å². The van der Waals surface area contributed by atoms with Gasteiger partial charge in [-0.3, -0.25) is 4.90 Å². The quantitative estimate of drug-likeness (QED) is 0.712. The van der Waals surface area contributed by atoms with Gasteiger partial charge in [-0.1, -0.05) is 0 Å². The molecule has 7 nitrogen and oxygen atoms in total. The van der Waals surface area contributed by atoms with E-state index >= 15 is 0 Å². The third-order valence-electron chi connectivity index (χ3n) is 4.81. The zero-order valence-electron chi connectivity index (χ0n) is 14.4. The van der Waals surface area contributed by atoms with Crippen molar-refractivity contribution in [2.75, 3.05) is 46.4 Å². The molecule has 2 fully saturated rings. The summed E-state index contributed by atoms with van der Waals surface area (Å²) in [5, 5.41) is 10.4. The second kappa shape index (κ2) is 7.83. The second-order valence-corrected chi connectivity index (χ2v) is 8.45. The van der Waals surface area contributed by atoms with Gasteiger partial charge >= 0.3 is 0 Å². The molecule has 1 aromatic carbocycles. The van der Waals surface area contributed by atoms with E-state index in [2.05, 4.69) is 14.5 Å². The molecule has 2 saturated heterocycles. The lowest BCUT2D eigenvalue weighted by atomic mass is 10.1. The summed E-state index contributed by atoms with van der Waals surface area (Å²) in [5.41, 5.74) is 0. The van der Waals surface area contributed by atoms with Crippen molar-refractivity contribution in [2.24, 2.45) is 0 Å². The minimum absolute atomic E-state index is 0.0123. The Bertz CT molecular complexity index is 741. The number of likely N-dealkylation sites (N-methyl/N-ethyl adjacent to an activating group) is 1. The van der Waals surface area contributed by atoms with Gasteiger partial charge in [0.15, 0.2) is 0 Å². The first-order valence-electron chi connectivity index (χ1n) is 8.44. The molecule has 0 amide bonds. The van der Waals surface area contributed by atoms with Gasteiger partial charge < -0.3 is 14.7 Å². The molecular formula is C16H23F2N3O4S. The molecule has 2 aliphatic rings. The maximum absolute atomic E-state index is 13.8. The van der Waals surface area contributed by atoms with E-state index < -0.39 is 44.8 Å². The maximum atomic E-state index is 13.8. The number of rotatable bonds is 5. The first kappa shape index (κ1) is 19.6. The van der Waals surface area contributed by atoms with Crippen molar-refractivity contribution in [1.82, 2.24) is 14.5 Å². The highest BCUT2D eigenvalue weighted by molar-refractivity contribution is 7.89. The van der Waals surface area contributed by atoms with Crippen molar-refractivity contribution < 1.29 is 27.0 Å². The van der Waals surface area contributed by atoms with Crippen molar-refractivity contribution in [3.05, 3.63) is 29.8 Å². The Hall–Kier alpha value is -1.17. The lowest BCUT2D eigenvalue weighted by Gasteiger charge is -2.34. The first-order chi connectivity index (χ1) is 12.3. The van der Waals surface area contributed by atoms with Gasteiger partial charge in [0.2, 0.25) is 10.0 Å². The number of aliphatic hydroxyl groups is 1. The molecule has 0 radical (unpaired) electrons. The average molecular weight is 391 g/mol. The van der Waals surface area contributed by atoms with E-state index in [-0.39, 0.29) is 6.61 Å². The van der Waals surface area contributed by atoms with Crippen LogP contribution in [0.2, 0.25) is 0 Å². The fourth-order valence-electron chi connectivity index (χ4n) is 3.19. The van der Waals surface area contributed by atoms with Crippen LogP contribution in [0.4, 0.5) is 8.78 Å². The summed E-state index contributed by atoms with van der Waals surface area (Å²) < 4.78 is 59.3. The molecule has 2 N–H and O–H groups in total. The number of hydrogen-bond donors (Lipinski definition) is 2. The van der Waals surface area contributed by atoms with Crippen LogP contribution >= 0.6 is 0 Å². The normalized spacial score (nSPS) is 28.5. The van der Waals surface area contributed by atoms with E-state index in [0.29, 0.717) is 12.6 Å². The Morgan fingerprint density at radius 3 is 2.62 bits per heavy atom. The molecule has 3 atom stereocenters. The minimum Gasteiger partial charge on any atom is -0.389 e. The average Bonchev–Trinajstić information content (AvgIpc) is 2.89. The van der Waals surface area contributed by atoms with Crippen molar-refractivity contribution in [1.29, 1.82) is 0 Å². The topological polar surface area (TPSA) is 82.1 Å². The molecule has 0 aromatic heterocycles. The molecule has 26 heavy (non-hydrogen) atoms. The van der Waals surface area contributed by atoms with Crippen LogP contribution in [0.3, 0.4) is 0 Å². The molecule has 0 aliphatic carbocycles. The predicted octanol–water partition coefficient (Wildman–Crippen LogP) is -0.381. The van der Waals surface area contributed by atoms with E-state index in [1.165, 1.54) is 0 Å². The van der Waals surface area contributed by atoms with Crippen LogP contribution in [0.15, 0.2) is 23.1 Å². The Labute approximate surface area is 151 Å². The molecule has 0 bridgehead atoms. The van der Waals surface area contributed by atoms with Gasteiger partial charge in [0, 0.05) is 38.8 Å².